The fraction of sp³-hybridized carbons (Fsp3) is 0.200. The van der Waals surface area contributed by atoms with Gasteiger partial charge in [-0.3, -0.25) is 0 Å². The largest absolute Gasteiger partial charge is 0.497 e. The molecule has 0 saturated heterocycles. The number of aryl methyl sites for hydroxylation is 1. The van der Waals surface area contributed by atoms with Gasteiger partial charge in [0.1, 0.15) is 18.1 Å². The minimum absolute atomic E-state index is 0.459. The molecule has 0 fully saturated rings. The van der Waals surface area contributed by atoms with Gasteiger partial charge in [-0.1, -0.05) is 18.2 Å². The van der Waals surface area contributed by atoms with Gasteiger partial charge in [0.2, 0.25) is 0 Å². The van der Waals surface area contributed by atoms with Crippen LogP contribution in [-0.4, -0.2) is 7.11 Å². The van der Waals surface area contributed by atoms with E-state index in [1.165, 1.54) is 0 Å². The minimum atomic E-state index is 0.459. The standard InChI is InChI=1S/C15H17NO2/c1-11-5-3-4-6-15(11)18-10-12-7-8-13(17-2)9-14(12)16/h3-9H,10,16H2,1-2H3. The minimum Gasteiger partial charge on any atom is -0.497 e. The zero-order valence-corrected chi connectivity index (χ0v) is 10.6. The Morgan fingerprint density at radius 3 is 2.56 bits per heavy atom. The second kappa shape index (κ2) is 5.45. The lowest BCUT2D eigenvalue weighted by Gasteiger charge is -2.11. The number of hydrogen-bond donors (Lipinski definition) is 1. The smallest absolute Gasteiger partial charge is 0.122 e. The van der Waals surface area contributed by atoms with E-state index in [2.05, 4.69) is 0 Å². The van der Waals surface area contributed by atoms with E-state index in [4.69, 9.17) is 15.2 Å². The molecule has 0 aromatic heterocycles. The molecule has 2 aromatic carbocycles. The van der Waals surface area contributed by atoms with Crippen molar-refractivity contribution in [2.75, 3.05) is 12.8 Å². The topological polar surface area (TPSA) is 44.5 Å². The Morgan fingerprint density at radius 2 is 1.89 bits per heavy atom. The van der Waals surface area contributed by atoms with E-state index < -0.39 is 0 Å². The third kappa shape index (κ3) is 2.74. The summed E-state index contributed by atoms with van der Waals surface area (Å²) in [4.78, 5) is 0. The molecule has 2 aromatic rings. The molecule has 3 nitrogen and oxygen atoms in total. The van der Waals surface area contributed by atoms with Gasteiger partial charge in [0, 0.05) is 17.3 Å². The molecule has 0 amide bonds. The number of methoxy groups -OCH3 is 1. The average molecular weight is 243 g/mol. The molecule has 2 N–H and O–H groups in total. The predicted octanol–water partition coefficient (Wildman–Crippen LogP) is 3.16. The molecule has 2 rings (SSSR count). The highest BCUT2D eigenvalue weighted by molar-refractivity contribution is 5.51. The van der Waals surface area contributed by atoms with Gasteiger partial charge in [0.15, 0.2) is 0 Å². The molecule has 0 aliphatic heterocycles. The summed E-state index contributed by atoms with van der Waals surface area (Å²) in [6.07, 6.45) is 0. The summed E-state index contributed by atoms with van der Waals surface area (Å²) in [6.45, 7) is 2.48. The summed E-state index contributed by atoms with van der Waals surface area (Å²) < 4.78 is 10.9. The zero-order chi connectivity index (χ0) is 13.0. The number of benzene rings is 2. The molecule has 94 valence electrons. The number of anilines is 1. The molecule has 0 atom stereocenters. The monoisotopic (exact) mass is 243 g/mol. The van der Waals surface area contributed by atoms with Gasteiger partial charge in [0.25, 0.3) is 0 Å². The van der Waals surface area contributed by atoms with Crippen molar-refractivity contribution >= 4 is 5.69 Å². The van der Waals surface area contributed by atoms with Gasteiger partial charge >= 0.3 is 0 Å². The molecule has 3 heteroatoms. The van der Waals surface area contributed by atoms with Crippen LogP contribution in [0.15, 0.2) is 42.5 Å². The Bertz CT molecular complexity index is 538. The molecular formula is C15H17NO2. The second-order valence-corrected chi connectivity index (χ2v) is 4.12. The molecule has 0 radical (unpaired) electrons. The van der Waals surface area contributed by atoms with Crippen LogP contribution in [0.5, 0.6) is 11.5 Å². The first-order chi connectivity index (χ1) is 8.70. The van der Waals surface area contributed by atoms with Gasteiger partial charge in [0.05, 0.1) is 7.11 Å². The van der Waals surface area contributed by atoms with Crippen molar-refractivity contribution in [1.29, 1.82) is 0 Å². The lowest BCUT2D eigenvalue weighted by molar-refractivity contribution is 0.304. The molecule has 0 aliphatic rings. The van der Waals surface area contributed by atoms with Crippen molar-refractivity contribution in [2.24, 2.45) is 0 Å². The molecule has 18 heavy (non-hydrogen) atoms. The van der Waals surface area contributed by atoms with Crippen LogP contribution in [0.4, 0.5) is 5.69 Å². The molecule has 0 aliphatic carbocycles. The summed E-state index contributed by atoms with van der Waals surface area (Å²) >= 11 is 0. The molecule has 0 heterocycles. The summed E-state index contributed by atoms with van der Waals surface area (Å²) in [5.74, 6) is 1.64. The van der Waals surface area contributed by atoms with E-state index >= 15 is 0 Å². The van der Waals surface area contributed by atoms with Gasteiger partial charge in [-0.05, 0) is 30.7 Å². The molecule has 0 bridgehead atoms. The number of ether oxygens (including phenoxy) is 2. The zero-order valence-electron chi connectivity index (χ0n) is 10.6. The van der Waals surface area contributed by atoms with Crippen LogP contribution in [0, 0.1) is 6.92 Å². The van der Waals surface area contributed by atoms with Gasteiger partial charge in [-0.25, -0.2) is 0 Å². The summed E-state index contributed by atoms with van der Waals surface area (Å²) in [5, 5.41) is 0. The first-order valence-corrected chi connectivity index (χ1v) is 5.81. The number of nitrogens with two attached hydrogens (primary N) is 1. The third-order valence-electron chi connectivity index (χ3n) is 2.83. The van der Waals surface area contributed by atoms with E-state index in [1.54, 1.807) is 13.2 Å². The van der Waals surface area contributed by atoms with Crippen LogP contribution in [0.1, 0.15) is 11.1 Å². The van der Waals surface area contributed by atoms with Crippen LogP contribution in [0.2, 0.25) is 0 Å². The Labute approximate surface area is 107 Å². The quantitative estimate of drug-likeness (QED) is 0.839. The first kappa shape index (κ1) is 12.3. The van der Waals surface area contributed by atoms with Crippen LogP contribution < -0.4 is 15.2 Å². The van der Waals surface area contributed by atoms with Crippen molar-refractivity contribution in [2.45, 2.75) is 13.5 Å². The van der Waals surface area contributed by atoms with E-state index in [9.17, 15) is 0 Å². The SMILES string of the molecule is COc1ccc(COc2ccccc2C)c(N)c1. The van der Waals surface area contributed by atoms with Crippen LogP contribution >= 0.6 is 0 Å². The average Bonchev–Trinajstić information content (AvgIpc) is 2.39. The Balaban J connectivity index is 2.09. The fourth-order valence-electron chi connectivity index (χ4n) is 1.71. The van der Waals surface area contributed by atoms with E-state index in [-0.39, 0.29) is 0 Å². The summed E-state index contributed by atoms with van der Waals surface area (Å²) in [7, 11) is 1.62. The highest BCUT2D eigenvalue weighted by Gasteiger charge is 2.03. The maximum Gasteiger partial charge on any atom is 0.122 e. The highest BCUT2D eigenvalue weighted by atomic mass is 16.5. The molecular weight excluding hydrogens is 226 g/mol. The number of para-hydroxylation sites is 1. The number of rotatable bonds is 4. The fourth-order valence-corrected chi connectivity index (χ4v) is 1.71. The maximum absolute atomic E-state index is 5.94. The Hall–Kier alpha value is -2.16. The summed E-state index contributed by atoms with van der Waals surface area (Å²) in [5.41, 5.74) is 8.70. The van der Waals surface area contributed by atoms with Gasteiger partial charge in [-0.2, -0.15) is 0 Å². The molecule has 0 unspecified atom stereocenters. The molecule has 0 spiro atoms. The van der Waals surface area contributed by atoms with Gasteiger partial charge < -0.3 is 15.2 Å². The second-order valence-electron chi connectivity index (χ2n) is 4.12. The van der Waals surface area contributed by atoms with E-state index in [0.29, 0.717) is 12.3 Å². The molecule has 0 saturated carbocycles. The maximum atomic E-state index is 5.94. The van der Waals surface area contributed by atoms with Crippen molar-refractivity contribution < 1.29 is 9.47 Å². The first-order valence-electron chi connectivity index (χ1n) is 5.81. The number of hydrogen-bond acceptors (Lipinski definition) is 3. The Kier molecular flexibility index (Phi) is 3.72. The van der Waals surface area contributed by atoms with E-state index in [1.807, 2.05) is 43.3 Å². The van der Waals surface area contributed by atoms with Crippen molar-refractivity contribution in [3.8, 4) is 11.5 Å². The van der Waals surface area contributed by atoms with Crippen LogP contribution in [0.3, 0.4) is 0 Å². The Morgan fingerprint density at radius 1 is 1.11 bits per heavy atom. The van der Waals surface area contributed by atoms with Crippen molar-refractivity contribution in [3.05, 3.63) is 53.6 Å². The highest BCUT2D eigenvalue weighted by Crippen LogP contribution is 2.22. The lowest BCUT2D eigenvalue weighted by Crippen LogP contribution is -2.01. The van der Waals surface area contributed by atoms with Crippen LogP contribution in [-0.2, 0) is 6.61 Å². The van der Waals surface area contributed by atoms with Crippen molar-refractivity contribution in [3.63, 3.8) is 0 Å². The third-order valence-corrected chi connectivity index (χ3v) is 2.83. The van der Waals surface area contributed by atoms with Gasteiger partial charge in [-0.15, -0.1) is 0 Å². The van der Waals surface area contributed by atoms with Crippen LogP contribution in [0.25, 0.3) is 0 Å². The van der Waals surface area contributed by atoms with E-state index in [0.717, 1.165) is 22.6 Å². The normalized spacial score (nSPS) is 10.1. The summed E-state index contributed by atoms with van der Waals surface area (Å²) in [6, 6.07) is 13.5. The predicted molar refractivity (Wildman–Crippen MR) is 72.9 cm³/mol. The van der Waals surface area contributed by atoms with Crippen molar-refractivity contribution in [1.82, 2.24) is 0 Å². The lowest BCUT2D eigenvalue weighted by atomic mass is 10.2. The number of nitrogen functional groups attached to an aromatic ring is 1.